The van der Waals surface area contributed by atoms with Crippen LogP contribution in [0.5, 0.6) is 0 Å². The monoisotopic (exact) mass is 590 g/mol. The molecule has 4 rings (SSSR count). The number of likely N-dealkylation sites (tertiary alicyclic amines) is 1. The van der Waals surface area contributed by atoms with E-state index in [9.17, 15) is 4.39 Å². The van der Waals surface area contributed by atoms with Gasteiger partial charge in [0.25, 0.3) is 0 Å². The Balaban J connectivity index is 1.77. The van der Waals surface area contributed by atoms with Crippen molar-refractivity contribution in [2.45, 2.75) is 65.7 Å². The Kier molecular flexibility index (Phi) is 10.2. The molecule has 1 saturated heterocycles. The molecule has 1 aliphatic rings. The van der Waals surface area contributed by atoms with Gasteiger partial charge in [-0.05, 0) is 68.3 Å². The van der Waals surface area contributed by atoms with Crippen molar-refractivity contribution >= 4 is 34.0 Å². The molecule has 0 saturated carbocycles. The van der Waals surface area contributed by atoms with Crippen molar-refractivity contribution in [3.8, 4) is 11.1 Å². The van der Waals surface area contributed by atoms with Crippen LogP contribution >= 0.6 is 11.6 Å². The van der Waals surface area contributed by atoms with E-state index in [2.05, 4.69) is 80.5 Å². The zero-order valence-corrected chi connectivity index (χ0v) is 26.5. The lowest BCUT2D eigenvalue weighted by Gasteiger charge is -2.35. The van der Waals surface area contributed by atoms with E-state index >= 15 is 0 Å². The van der Waals surface area contributed by atoms with Crippen LogP contribution in [-0.4, -0.2) is 52.9 Å². The molecule has 4 atom stereocenters. The first-order valence-electron chi connectivity index (χ1n) is 14.7. The predicted octanol–water partition coefficient (Wildman–Crippen LogP) is 8.30. The maximum Gasteiger partial charge on any atom is 0.119 e. The minimum Gasteiger partial charge on any atom is -0.375 e. The fourth-order valence-electron chi connectivity index (χ4n) is 6.10. The number of hydrogen-bond donors (Lipinski definition) is 1. The molecule has 2 aromatic carbocycles. The van der Waals surface area contributed by atoms with E-state index in [1.807, 2.05) is 41.8 Å². The molecule has 2 heterocycles. The van der Waals surface area contributed by atoms with Gasteiger partial charge in [-0.25, -0.2) is 9.38 Å². The summed E-state index contributed by atoms with van der Waals surface area (Å²) in [5.41, 5.74) is 5.94. The van der Waals surface area contributed by atoms with E-state index in [0.717, 1.165) is 46.3 Å². The Labute approximate surface area is 255 Å². The third kappa shape index (κ3) is 6.57. The number of hydrogen-bond acceptors (Lipinski definition) is 4. The molecule has 1 fully saturated rings. The van der Waals surface area contributed by atoms with Crippen LogP contribution in [0.15, 0.2) is 78.9 Å². The number of fused-ring (bicyclic) bond motifs is 1. The summed E-state index contributed by atoms with van der Waals surface area (Å²) >= 11 is 6.92. The topological polar surface area (TPSA) is 48.7 Å². The van der Waals surface area contributed by atoms with Crippen molar-refractivity contribution in [2.24, 2.45) is 10.9 Å². The molecule has 1 N–H and O–H groups in total. The number of amidine groups is 1. The van der Waals surface area contributed by atoms with Crippen molar-refractivity contribution in [2.75, 3.05) is 25.0 Å². The lowest BCUT2D eigenvalue weighted by atomic mass is 9.89. The quantitative estimate of drug-likeness (QED) is 0.180. The van der Waals surface area contributed by atoms with Gasteiger partial charge in [0.1, 0.15) is 12.0 Å². The minimum absolute atomic E-state index is 0.0428. The van der Waals surface area contributed by atoms with Gasteiger partial charge in [-0.15, -0.1) is 0 Å². The molecular formula is C34H44ClFN6. The number of benzene rings is 2. The molecule has 4 unspecified atom stereocenters. The van der Waals surface area contributed by atoms with Gasteiger partial charge in [-0.1, -0.05) is 56.8 Å². The van der Waals surface area contributed by atoms with Crippen LogP contribution < -0.4 is 10.2 Å². The summed E-state index contributed by atoms with van der Waals surface area (Å²) < 4.78 is 16.5. The smallest absolute Gasteiger partial charge is 0.119 e. The third-order valence-corrected chi connectivity index (χ3v) is 8.58. The molecule has 3 aromatic rings. The van der Waals surface area contributed by atoms with E-state index in [0.29, 0.717) is 23.8 Å². The molecule has 224 valence electrons. The van der Waals surface area contributed by atoms with Gasteiger partial charge < -0.3 is 15.1 Å². The molecule has 42 heavy (non-hydrogen) atoms. The SMILES string of the molecule is C=CN1CC(F)CC1C(C)C(C(=C)N/C(C)=N/C=C\C)n1cc2c(Cl)cc(-c3ccc(N(C)CCC)cc3)c(C)c2n1. The van der Waals surface area contributed by atoms with E-state index in [4.69, 9.17) is 16.7 Å². The average molecular weight is 591 g/mol. The molecule has 0 aliphatic carbocycles. The molecule has 0 amide bonds. The number of allylic oxidation sites excluding steroid dienone is 2. The minimum atomic E-state index is -0.903. The lowest BCUT2D eigenvalue weighted by Crippen LogP contribution is -2.39. The van der Waals surface area contributed by atoms with Crippen LogP contribution in [0.3, 0.4) is 0 Å². The highest BCUT2D eigenvalue weighted by Gasteiger charge is 2.39. The number of halogens is 2. The average Bonchev–Trinajstić information content (AvgIpc) is 3.58. The van der Waals surface area contributed by atoms with Crippen molar-refractivity contribution in [1.29, 1.82) is 0 Å². The van der Waals surface area contributed by atoms with Gasteiger partial charge in [0.2, 0.25) is 0 Å². The van der Waals surface area contributed by atoms with E-state index in [1.54, 1.807) is 12.4 Å². The Morgan fingerprint density at radius 1 is 1.33 bits per heavy atom. The van der Waals surface area contributed by atoms with E-state index < -0.39 is 6.17 Å². The fourth-order valence-corrected chi connectivity index (χ4v) is 6.35. The number of aliphatic imine (C=N–C) groups is 1. The van der Waals surface area contributed by atoms with Crippen LogP contribution in [0.2, 0.25) is 5.02 Å². The highest BCUT2D eigenvalue weighted by Crippen LogP contribution is 2.39. The molecular weight excluding hydrogens is 547 g/mol. The van der Waals surface area contributed by atoms with Crippen LogP contribution in [0.1, 0.15) is 52.1 Å². The standard InChI is InChI=1S/C34H44ClFN6/c1-9-16-37-25(7)38-24(6)34(23(5)32-18-27(36)20-41(32)11-3)42-21-30-31(35)19-29(22(4)33(30)39-42)26-12-14-28(15-13-26)40(8)17-10-2/h9,11-16,19,21,23,27,32,34H,3,6,10,17-18,20H2,1-2,4-5,7-8H3,(H,37,38)/b16-9-. The highest BCUT2D eigenvalue weighted by atomic mass is 35.5. The van der Waals surface area contributed by atoms with Crippen molar-refractivity contribution in [1.82, 2.24) is 20.0 Å². The zero-order chi connectivity index (χ0) is 30.6. The Morgan fingerprint density at radius 3 is 2.69 bits per heavy atom. The molecule has 1 aliphatic heterocycles. The van der Waals surface area contributed by atoms with E-state index in [1.165, 1.54) is 5.69 Å². The first-order valence-corrected chi connectivity index (χ1v) is 15.1. The van der Waals surface area contributed by atoms with Gasteiger partial charge in [-0.2, -0.15) is 5.10 Å². The van der Waals surface area contributed by atoms with Gasteiger partial charge in [0, 0.05) is 67.7 Å². The summed E-state index contributed by atoms with van der Waals surface area (Å²) in [6.45, 7) is 19.9. The maximum absolute atomic E-state index is 14.6. The van der Waals surface area contributed by atoms with Gasteiger partial charge >= 0.3 is 0 Å². The Morgan fingerprint density at radius 2 is 2.05 bits per heavy atom. The normalized spacial score (nSPS) is 19.0. The zero-order valence-electron chi connectivity index (χ0n) is 25.7. The van der Waals surface area contributed by atoms with Crippen LogP contribution in [0, 0.1) is 12.8 Å². The Bertz CT molecular complexity index is 1470. The molecule has 1 aromatic heterocycles. The van der Waals surface area contributed by atoms with E-state index in [-0.39, 0.29) is 18.0 Å². The van der Waals surface area contributed by atoms with Crippen LogP contribution in [0.4, 0.5) is 10.1 Å². The predicted molar refractivity (Wildman–Crippen MR) is 177 cm³/mol. The Hall–Kier alpha value is -3.58. The molecule has 0 bridgehead atoms. The lowest BCUT2D eigenvalue weighted by molar-refractivity contribution is 0.211. The van der Waals surface area contributed by atoms with Crippen LogP contribution in [-0.2, 0) is 0 Å². The summed E-state index contributed by atoms with van der Waals surface area (Å²) in [6, 6.07) is 10.3. The second kappa shape index (κ2) is 13.6. The first-order chi connectivity index (χ1) is 20.1. The summed E-state index contributed by atoms with van der Waals surface area (Å²) in [4.78, 5) is 8.68. The van der Waals surface area contributed by atoms with Crippen molar-refractivity contribution in [3.63, 3.8) is 0 Å². The molecule has 0 radical (unpaired) electrons. The number of nitrogens with zero attached hydrogens (tertiary/aromatic N) is 5. The van der Waals surface area contributed by atoms with Crippen LogP contribution in [0.25, 0.3) is 22.0 Å². The maximum atomic E-state index is 14.6. The largest absolute Gasteiger partial charge is 0.375 e. The number of rotatable bonds is 11. The number of aromatic nitrogens is 2. The second-order valence-corrected chi connectivity index (χ2v) is 11.7. The fraction of sp³-hybridized carbons (Fsp3) is 0.412. The summed E-state index contributed by atoms with van der Waals surface area (Å²) in [6.07, 6.45) is 7.95. The highest BCUT2D eigenvalue weighted by molar-refractivity contribution is 6.36. The molecule has 0 spiro atoms. The van der Waals surface area contributed by atoms with Gasteiger partial charge in [-0.3, -0.25) is 4.68 Å². The number of anilines is 1. The number of nitrogens with one attached hydrogen (secondary N) is 1. The first kappa shape index (κ1) is 31.4. The van der Waals surface area contributed by atoms with Gasteiger partial charge in [0.05, 0.1) is 16.6 Å². The number of aryl methyl sites for hydroxylation is 1. The third-order valence-electron chi connectivity index (χ3n) is 8.27. The summed E-state index contributed by atoms with van der Waals surface area (Å²) in [5, 5.41) is 9.99. The summed E-state index contributed by atoms with van der Waals surface area (Å²) in [5.74, 6) is 0.672. The molecule has 6 nitrogen and oxygen atoms in total. The van der Waals surface area contributed by atoms with Gasteiger partial charge in [0.15, 0.2) is 0 Å². The van der Waals surface area contributed by atoms with Crippen molar-refractivity contribution in [3.05, 3.63) is 84.4 Å². The molecule has 8 heteroatoms. The van der Waals surface area contributed by atoms with Crippen molar-refractivity contribution < 1.29 is 4.39 Å². The summed E-state index contributed by atoms with van der Waals surface area (Å²) in [7, 11) is 2.11. The number of alkyl halides is 1. The second-order valence-electron chi connectivity index (χ2n) is 11.3.